The Morgan fingerprint density at radius 3 is 2.59 bits per heavy atom. The predicted octanol–water partition coefficient (Wildman–Crippen LogP) is 4.33. The molecule has 0 aromatic heterocycles. The fourth-order valence-electron chi connectivity index (χ4n) is 4.54. The number of amides is 4. The maximum atomic E-state index is 13.0. The van der Waals surface area contributed by atoms with Gasteiger partial charge in [-0.1, -0.05) is 42.0 Å². The predicted molar refractivity (Wildman–Crippen MR) is 125 cm³/mol. The number of nitrogens with zero attached hydrogens (tertiary/aromatic N) is 3. The second-order valence-electron chi connectivity index (χ2n) is 8.46. The van der Waals surface area contributed by atoms with E-state index in [1.54, 1.807) is 0 Å². The van der Waals surface area contributed by atoms with Crippen LogP contribution in [0.15, 0.2) is 48.5 Å². The van der Waals surface area contributed by atoms with Crippen molar-refractivity contribution < 1.29 is 14.3 Å². The second-order valence-corrected chi connectivity index (χ2v) is 8.46. The first-order valence-electron chi connectivity index (χ1n) is 11.4. The van der Waals surface area contributed by atoms with E-state index in [0.717, 1.165) is 25.9 Å². The molecule has 0 spiro atoms. The molecule has 2 fully saturated rings. The molecule has 170 valence electrons. The summed E-state index contributed by atoms with van der Waals surface area (Å²) in [6.45, 7) is 7.96. The van der Waals surface area contributed by atoms with Crippen LogP contribution in [0.25, 0.3) is 0 Å². The normalized spacial score (nSPS) is 17.1. The van der Waals surface area contributed by atoms with E-state index >= 15 is 0 Å². The Morgan fingerprint density at radius 1 is 1.06 bits per heavy atom. The smallest absolute Gasteiger partial charge is 0.321 e. The quantitative estimate of drug-likeness (QED) is 0.733. The molecular weight excluding hydrogens is 404 g/mol. The monoisotopic (exact) mass is 436 g/mol. The first-order chi connectivity index (χ1) is 15.5. The number of nitrogens with one attached hydrogen (secondary N) is 1. The zero-order chi connectivity index (χ0) is 22.5. The molecule has 4 rings (SSSR count). The summed E-state index contributed by atoms with van der Waals surface area (Å²) in [6.07, 6.45) is 1.59. The molecule has 0 radical (unpaired) electrons. The number of benzene rings is 2. The molecule has 2 aliphatic heterocycles. The van der Waals surface area contributed by atoms with Crippen LogP contribution in [-0.2, 0) is 6.54 Å². The molecule has 32 heavy (non-hydrogen) atoms. The number of anilines is 1. The van der Waals surface area contributed by atoms with Gasteiger partial charge in [-0.15, -0.1) is 0 Å². The fraction of sp³-hybridized carbons (Fsp3) is 0.440. The molecule has 0 aliphatic carbocycles. The van der Waals surface area contributed by atoms with Gasteiger partial charge in [-0.25, -0.2) is 9.59 Å². The molecule has 2 aromatic carbocycles. The van der Waals surface area contributed by atoms with Gasteiger partial charge in [0.25, 0.3) is 0 Å². The number of para-hydroxylation sites is 2. The number of urea groups is 2. The molecule has 0 bridgehead atoms. The molecule has 1 N–H and O–H groups in total. The number of hydrogen-bond acceptors (Lipinski definition) is 3. The molecule has 0 unspecified atom stereocenters. The summed E-state index contributed by atoms with van der Waals surface area (Å²) in [4.78, 5) is 31.5. The third-order valence-corrected chi connectivity index (χ3v) is 6.20. The summed E-state index contributed by atoms with van der Waals surface area (Å²) in [5, 5.41) is 2.97. The lowest BCUT2D eigenvalue weighted by molar-refractivity contribution is 0.139. The van der Waals surface area contributed by atoms with Gasteiger partial charge in [0.2, 0.25) is 0 Å². The summed E-state index contributed by atoms with van der Waals surface area (Å²) in [6, 6.07) is 16.0. The first kappa shape index (κ1) is 22.0. The number of hydrogen-bond donors (Lipinski definition) is 1. The van der Waals surface area contributed by atoms with Crippen LogP contribution in [0.3, 0.4) is 0 Å². The molecule has 2 aliphatic rings. The molecule has 2 heterocycles. The maximum absolute atomic E-state index is 13.0. The Balaban J connectivity index is 1.29. The van der Waals surface area contributed by atoms with Crippen LogP contribution < -0.4 is 10.1 Å². The zero-order valence-corrected chi connectivity index (χ0v) is 18.9. The van der Waals surface area contributed by atoms with Crippen LogP contribution in [0.5, 0.6) is 5.75 Å². The largest absolute Gasteiger partial charge is 0.492 e. The lowest BCUT2D eigenvalue weighted by atomic mass is 10.0. The van der Waals surface area contributed by atoms with Crippen molar-refractivity contribution in [2.75, 3.05) is 38.1 Å². The van der Waals surface area contributed by atoms with Crippen molar-refractivity contribution in [3.05, 3.63) is 59.7 Å². The topological polar surface area (TPSA) is 65.1 Å². The number of carbonyl (C=O) groups excluding carboxylic acids is 2. The second kappa shape index (κ2) is 9.94. The minimum absolute atomic E-state index is 0.111. The van der Waals surface area contributed by atoms with E-state index in [2.05, 4.69) is 30.4 Å². The summed E-state index contributed by atoms with van der Waals surface area (Å²) >= 11 is 0. The van der Waals surface area contributed by atoms with Crippen LogP contribution in [0.2, 0.25) is 0 Å². The molecule has 2 saturated heterocycles. The van der Waals surface area contributed by atoms with E-state index in [0.29, 0.717) is 37.7 Å². The van der Waals surface area contributed by atoms with Gasteiger partial charge < -0.3 is 24.8 Å². The van der Waals surface area contributed by atoms with Crippen LogP contribution >= 0.6 is 0 Å². The Bertz CT molecular complexity index is 956. The number of piperidine rings is 1. The van der Waals surface area contributed by atoms with Gasteiger partial charge in [-0.05, 0) is 44.4 Å². The number of aryl methyl sites for hydroxylation is 1. The molecule has 0 saturated carbocycles. The van der Waals surface area contributed by atoms with E-state index in [4.69, 9.17) is 4.74 Å². The zero-order valence-electron chi connectivity index (χ0n) is 18.9. The number of ether oxygens (including phenoxy) is 1. The number of rotatable bonds is 6. The molecule has 7 nitrogen and oxygen atoms in total. The van der Waals surface area contributed by atoms with Crippen molar-refractivity contribution in [1.82, 2.24) is 14.7 Å². The first-order valence-corrected chi connectivity index (χ1v) is 11.4. The van der Waals surface area contributed by atoms with Crippen LogP contribution in [0.4, 0.5) is 15.3 Å². The van der Waals surface area contributed by atoms with Gasteiger partial charge >= 0.3 is 12.1 Å². The molecule has 0 atom stereocenters. The van der Waals surface area contributed by atoms with E-state index in [1.165, 1.54) is 11.1 Å². The summed E-state index contributed by atoms with van der Waals surface area (Å²) in [7, 11) is 0. The highest BCUT2D eigenvalue weighted by Gasteiger charge is 2.36. The summed E-state index contributed by atoms with van der Waals surface area (Å²) in [5.74, 6) is 0.676. The van der Waals surface area contributed by atoms with E-state index in [1.807, 2.05) is 52.0 Å². The number of likely N-dealkylation sites (tertiary alicyclic amines) is 1. The van der Waals surface area contributed by atoms with Gasteiger partial charge in [0.05, 0.1) is 12.3 Å². The highest BCUT2D eigenvalue weighted by molar-refractivity contribution is 5.91. The summed E-state index contributed by atoms with van der Waals surface area (Å²) in [5.41, 5.74) is 3.06. The molecular formula is C25H32N4O3. The standard InChI is InChI=1S/C25H32N4O3/c1-3-32-23-10-5-4-9-22(23)26-24(30)27-13-11-21(12-14-27)29-16-15-28(25(29)31)18-20-8-6-7-19(2)17-20/h4-10,17,21H,3,11-16,18H2,1-2H3,(H,26,30). The van der Waals surface area contributed by atoms with Gasteiger partial charge in [0, 0.05) is 38.8 Å². The third-order valence-electron chi connectivity index (χ3n) is 6.20. The van der Waals surface area contributed by atoms with Crippen molar-refractivity contribution in [2.45, 2.75) is 39.3 Å². The average molecular weight is 437 g/mol. The third kappa shape index (κ3) is 4.98. The van der Waals surface area contributed by atoms with Crippen LogP contribution in [0.1, 0.15) is 30.9 Å². The minimum Gasteiger partial charge on any atom is -0.492 e. The van der Waals surface area contributed by atoms with Crippen molar-refractivity contribution in [3.63, 3.8) is 0 Å². The molecule has 4 amide bonds. The van der Waals surface area contributed by atoms with E-state index in [9.17, 15) is 9.59 Å². The minimum atomic E-state index is -0.121. The Hall–Kier alpha value is -3.22. The highest BCUT2D eigenvalue weighted by Crippen LogP contribution is 2.26. The van der Waals surface area contributed by atoms with Crippen molar-refractivity contribution in [3.8, 4) is 5.75 Å². The van der Waals surface area contributed by atoms with E-state index < -0.39 is 0 Å². The van der Waals surface area contributed by atoms with Crippen LogP contribution in [-0.4, -0.2) is 65.6 Å². The van der Waals surface area contributed by atoms with Crippen molar-refractivity contribution in [1.29, 1.82) is 0 Å². The van der Waals surface area contributed by atoms with Gasteiger partial charge in [0.15, 0.2) is 0 Å². The number of carbonyl (C=O) groups is 2. The maximum Gasteiger partial charge on any atom is 0.321 e. The fourth-order valence-corrected chi connectivity index (χ4v) is 4.54. The lowest BCUT2D eigenvalue weighted by Gasteiger charge is -2.36. The summed E-state index contributed by atoms with van der Waals surface area (Å²) < 4.78 is 5.60. The SMILES string of the molecule is CCOc1ccccc1NC(=O)N1CCC(N2CCN(Cc3cccc(C)c3)C2=O)CC1. The van der Waals surface area contributed by atoms with Gasteiger partial charge in [-0.3, -0.25) is 0 Å². The molecule has 2 aromatic rings. The van der Waals surface area contributed by atoms with E-state index in [-0.39, 0.29) is 18.1 Å². The lowest BCUT2D eigenvalue weighted by Crippen LogP contribution is -2.49. The van der Waals surface area contributed by atoms with Crippen molar-refractivity contribution in [2.24, 2.45) is 0 Å². The van der Waals surface area contributed by atoms with Crippen LogP contribution in [0, 0.1) is 6.92 Å². The van der Waals surface area contributed by atoms with Crippen molar-refractivity contribution >= 4 is 17.7 Å². The van der Waals surface area contributed by atoms with Gasteiger partial charge in [0.1, 0.15) is 5.75 Å². The Kier molecular flexibility index (Phi) is 6.83. The Morgan fingerprint density at radius 2 is 1.84 bits per heavy atom. The molecule has 7 heteroatoms. The Labute approximate surface area is 189 Å². The average Bonchev–Trinajstić information content (AvgIpc) is 3.15. The highest BCUT2D eigenvalue weighted by atomic mass is 16.5. The van der Waals surface area contributed by atoms with Gasteiger partial charge in [-0.2, -0.15) is 0 Å².